The highest BCUT2D eigenvalue weighted by atomic mass is 32.1. The zero-order chi connectivity index (χ0) is 17.6. The highest BCUT2D eigenvalue weighted by Crippen LogP contribution is 2.29. The third-order valence-electron chi connectivity index (χ3n) is 4.32. The molecule has 134 valence electrons. The van der Waals surface area contributed by atoms with E-state index in [0.717, 1.165) is 31.4 Å². The second-order valence-electron chi connectivity index (χ2n) is 6.10. The number of hydrogen-bond donors (Lipinski definition) is 1. The van der Waals surface area contributed by atoms with Gasteiger partial charge in [0, 0.05) is 24.0 Å². The Morgan fingerprint density at radius 3 is 2.68 bits per heavy atom. The van der Waals surface area contributed by atoms with Crippen LogP contribution in [0.4, 0.5) is 4.79 Å². The molecule has 0 atom stereocenters. The lowest BCUT2D eigenvalue weighted by Gasteiger charge is -2.22. The van der Waals surface area contributed by atoms with Gasteiger partial charge >= 0.3 is 6.03 Å². The van der Waals surface area contributed by atoms with Crippen molar-refractivity contribution in [1.82, 2.24) is 10.2 Å². The maximum Gasteiger partial charge on any atom is 0.317 e. The van der Waals surface area contributed by atoms with Gasteiger partial charge in [0.15, 0.2) is 11.5 Å². The zero-order valence-electron chi connectivity index (χ0n) is 14.7. The maximum atomic E-state index is 12.6. The molecule has 1 aromatic heterocycles. The number of benzene rings is 1. The summed E-state index contributed by atoms with van der Waals surface area (Å²) in [5.41, 5.74) is 0.986. The molecule has 0 bridgehead atoms. The summed E-state index contributed by atoms with van der Waals surface area (Å²) in [7, 11) is 3.22. The van der Waals surface area contributed by atoms with Gasteiger partial charge in [-0.2, -0.15) is 0 Å². The third kappa shape index (κ3) is 4.66. The Labute approximate surface area is 152 Å². The molecule has 1 N–H and O–H groups in total. The molecule has 1 aliphatic carbocycles. The molecule has 2 amide bonds. The molecule has 0 radical (unpaired) electrons. The van der Waals surface area contributed by atoms with Gasteiger partial charge in [0.2, 0.25) is 0 Å². The molecule has 1 heterocycles. The number of carbonyl (C=O) groups excluding carboxylic acids is 1. The number of amides is 2. The van der Waals surface area contributed by atoms with Crippen LogP contribution in [0.15, 0.2) is 35.7 Å². The van der Waals surface area contributed by atoms with E-state index in [9.17, 15) is 4.79 Å². The standard InChI is InChI=1S/C19H24N2O3S/c1-23-17-8-5-14(12-18(17)24-2)13-20-19(22)21(15-6-7-15)10-9-16-4-3-11-25-16/h3-5,8,11-12,15H,6-7,9-10,13H2,1-2H3,(H,20,22). The van der Waals surface area contributed by atoms with Crippen molar-refractivity contribution < 1.29 is 14.3 Å². The van der Waals surface area contributed by atoms with Gasteiger partial charge in [0.05, 0.1) is 14.2 Å². The van der Waals surface area contributed by atoms with Crippen LogP contribution in [-0.4, -0.2) is 37.7 Å². The lowest BCUT2D eigenvalue weighted by Crippen LogP contribution is -2.42. The lowest BCUT2D eigenvalue weighted by molar-refractivity contribution is 0.195. The molecule has 2 aromatic rings. The van der Waals surface area contributed by atoms with E-state index in [1.54, 1.807) is 25.6 Å². The quantitative estimate of drug-likeness (QED) is 0.781. The van der Waals surface area contributed by atoms with Gasteiger partial charge in [-0.05, 0) is 48.4 Å². The summed E-state index contributed by atoms with van der Waals surface area (Å²) in [6, 6.07) is 10.3. The van der Waals surface area contributed by atoms with Gasteiger partial charge < -0.3 is 19.7 Å². The van der Waals surface area contributed by atoms with Crippen LogP contribution in [-0.2, 0) is 13.0 Å². The highest BCUT2D eigenvalue weighted by molar-refractivity contribution is 7.09. The summed E-state index contributed by atoms with van der Waals surface area (Å²) in [5, 5.41) is 5.11. The van der Waals surface area contributed by atoms with Crippen molar-refractivity contribution in [3.63, 3.8) is 0 Å². The Morgan fingerprint density at radius 1 is 1.24 bits per heavy atom. The maximum absolute atomic E-state index is 12.6. The average Bonchev–Trinajstić information content (AvgIpc) is 3.34. The zero-order valence-corrected chi connectivity index (χ0v) is 15.5. The molecule has 3 rings (SSSR count). The second kappa shape index (κ2) is 8.25. The van der Waals surface area contributed by atoms with Gasteiger partial charge in [-0.1, -0.05) is 12.1 Å². The first-order valence-electron chi connectivity index (χ1n) is 8.49. The molecule has 1 saturated carbocycles. The van der Waals surface area contributed by atoms with Crippen LogP contribution in [0.1, 0.15) is 23.3 Å². The van der Waals surface area contributed by atoms with Gasteiger partial charge in [-0.3, -0.25) is 0 Å². The lowest BCUT2D eigenvalue weighted by atomic mass is 10.2. The fraction of sp³-hybridized carbons (Fsp3) is 0.421. The number of carbonyl (C=O) groups is 1. The van der Waals surface area contributed by atoms with E-state index in [2.05, 4.69) is 22.8 Å². The van der Waals surface area contributed by atoms with Gasteiger partial charge in [-0.25, -0.2) is 4.79 Å². The first-order chi connectivity index (χ1) is 12.2. The van der Waals surface area contributed by atoms with Crippen LogP contribution >= 0.6 is 11.3 Å². The van der Waals surface area contributed by atoms with Gasteiger partial charge in [0.1, 0.15) is 0 Å². The van der Waals surface area contributed by atoms with Crippen molar-refractivity contribution in [3.8, 4) is 11.5 Å². The predicted molar refractivity (Wildman–Crippen MR) is 99.5 cm³/mol. The van der Waals surface area contributed by atoms with Crippen LogP contribution in [0.3, 0.4) is 0 Å². The molecule has 0 unspecified atom stereocenters. The van der Waals surface area contributed by atoms with Crippen LogP contribution in [0.25, 0.3) is 0 Å². The molecule has 0 aliphatic heterocycles. The van der Waals surface area contributed by atoms with E-state index in [-0.39, 0.29) is 6.03 Å². The second-order valence-corrected chi connectivity index (χ2v) is 7.13. The monoisotopic (exact) mass is 360 g/mol. The molecular weight excluding hydrogens is 336 g/mol. The highest BCUT2D eigenvalue weighted by Gasteiger charge is 2.32. The topological polar surface area (TPSA) is 50.8 Å². The van der Waals surface area contributed by atoms with E-state index in [1.165, 1.54) is 4.88 Å². The largest absolute Gasteiger partial charge is 0.493 e. The first-order valence-corrected chi connectivity index (χ1v) is 9.37. The number of ether oxygens (including phenoxy) is 2. The SMILES string of the molecule is COc1ccc(CNC(=O)N(CCc2cccs2)C2CC2)cc1OC. The predicted octanol–water partition coefficient (Wildman–Crippen LogP) is 3.68. The van der Waals surface area contributed by atoms with E-state index in [4.69, 9.17) is 9.47 Å². The molecule has 0 spiro atoms. The molecule has 1 fully saturated rings. The van der Waals surface area contributed by atoms with Crippen molar-refractivity contribution in [2.24, 2.45) is 0 Å². The minimum absolute atomic E-state index is 0.00819. The Bertz CT molecular complexity index is 699. The summed E-state index contributed by atoms with van der Waals surface area (Å²) in [4.78, 5) is 15.9. The first kappa shape index (κ1) is 17.6. The Kier molecular flexibility index (Phi) is 5.81. The minimum Gasteiger partial charge on any atom is -0.493 e. The number of nitrogens with zero attached hydrogens (tertiary/aromatic N) is 1. The molecule has 25 heavy (non-hydrogen) atoms. The van der Waals surface area contributed by atoms with Crippen LogP contribution < -0.4 is 14.8 Å². The van der Waals surface area contributed by atoms with Crippen molar-refractivity contribution in [3.05, 3.63) is 46.2 Å². The molecule has 6 heteroatoms. The van der Waals surface area contributed by atoms with E-state index in [1.807, 2.05) is 23.1 Å². The fourth-order valence-electron chi connectivity index (χ4n) is 2.79. The third-order valence-corrected chi connectivity index (χ3v) is 5.26. The number of hydrogen-bond acceptors (Lipinski definition) is 4. The van der Waals surface area contributed by atoms with Crippen molar-refractivity contribution >= 4 is 17.4 Å². The van der Waals surface area contributed by atoms with Crippen LogP contribution in [0, 0.1) is 0 Å². The summed E-state index contributed by atoms with van der Waals surface area (Å²) < 4.78 is 10.6. The summed E-state index contributed by atoms with van der Waals surface area (Å²) in [6.45, 7) is 1.24. The summed E-state index contributed by atoms with van der Waals surface area (Å²) in [6.07, 6.45) is 3.13. The Balaban J connectivity index is 1.56. The van der Waals surface area contributed by atoms with Crippen LogP contribution in [0.5, 0.6) is 11.5 Å². The van der Waals surface area contributed by atoms with E-state index < -0.39 is 0 Å². The number of methoxy groups -OCH3 is 2. The molecule has 0 saturated heterocycles. The van der Waals surface area contributed by atoms with Gasteiger partial charge in [-0.15, -0.1) is 11.3 Å². The van der Waals surface area contributed by atoms with Crippen molar-refractivity contribution in [1.29, 1.82) is 0 Å². The molecule has 1 aromatic carbocycles. The molecule has 5 nitrogen and oxygen atoms in total. The summed E-state index contributed by atoms with van der Waals surface area (Å²) >= 11 is 1.74. The van der Waals surface area contributed by atoms with Crippen LogP contribution in [0.2, 0.25) is 0 Å². The number of rotatable bonds is 8. The van der Waals surface area contributed by atoms with Gasteiger partial charge in [0.25, 0.3) is 0 Å². The fourth-order valence-corrected chi connectivity index (χ4v) is 3.49. The summed E-state index contributed by atoms with van der Waals surface area (Å²) in [5.74, 6) is 1.36. The molecular formula is C19H24N2O3S. The van der Waals surface area contributed by atoms with E-state index in [0.29, 0.717) is 24.1 Å². The smallest absolute Gasteiger partial charge is 0.317 e. The number of nitrogens with one attached hydrogen (secondary N) is 1. The van der Waals surface area contributed by atoms with Crippen molar-refractivity contribution in [2.45, 2.75) is 31.8 Å². The number of urea groups is 1. The Morgan fingerprint density at radius 2 is 2.04 bits per heavy atom. The van der Waals surface area contributed by atoms with E-state index >= 15 is 0 Å². The minimum atomic E-state index is 0.00819. The number of thiophene rings is 1. The average molecular weight is 360 g/mol. The van der Waals surface area contributed by atoms with Crippen molar-refractivity contribution in [2.75, 3.05) is 20.8 Å². The normalized spacial score (nSPS) is 13.4. The Hall–Kier alpha value is -2.21. The molecule has 1 aliphatic rings.